The zero-order valence-corrected chi connectivity index (χ0v) is 14.1. The van der Waals surface area contributed by atoms with Gasteiger partial charge in [0.1, 0.15) is 0 Å². The molecule has 0 fully saturated rings. The summed E-state index contributed by atoms with van der Waals surface area (Å²) < 4.78 is 5.53. The summed E-state index contributed by atoms with van der Waals surface area (Å²) in [5, 5.41) is 4.93. The van der Waals surface area contributed by atoms with Crippen LogP contribution in [0.1, 0.15) is 29.3 Å². The lowest BCUT2D eigenvalue weighted by atomic mass is 9.88. The second-order valence-corrected chi connectivity index (χ2v) is 7.52. The van der Waals surface area contributed by atoms with Crippen molar-refractivity contribution >= 4 is 16.3 Å². The van der Waals surface area contributed by atoms with Gasteiger partial charge in [-0.2, -0.15) is 4.98 Å². The van der Waals surface area contributed by atoms with E-state index in [-0.39, 0.29) is 0 Å². The molecular formula is C18H19N3OS. The number of benzene rings is 1. The summed E-state index contributed by atoms with van der Waals surface area (Å²) >= 11 is 1.67. The zero-order chi connectivity index (χ0) is 16.0. The topological polar surface area (TPSA) is 64.9 Å². The maximum atomic E-state index is 6.26. The van der Waals surface area contributed by atoms with E-state index in [0.29, 0.717) is 11.7 Å². The molecule has 1 aliphatic rings. The molecule has 2 N–H and O–H groups in total. The maximum Gasteiger partial charge on any atom is 0.261 e. The molecule has 4 nitrogen and oxygen atoms in total. The van der Waals surface area contributed by atoms with E-state index in [1.165, 1.54) is 22.4 Å². The highest BCUT2D eigenvalue weighted by molar-refractivity contribution is 7.16. The van der Waals surface area contributed by atoms with Gasteiger partial charge >= 0.3 is 0 Å². The SMILES string of the molecule is Cc1ccc(-c2noc(-c3c(N)sc4c3CC[C@@H](C)C4)n2)cc1. The average Bonchev–Trinajstić information content (AvgIpc) is 3.11. The lowest BCUT2D eigenvalue weighted by molar-refractivity contribution is 0.431. The van der Waals surface area contributed by atoms with E-state index in [2.05, 4.69) is 24.0 Å². The Balaban J connectivity index is 1.74. The normalized spacial score (nSPS) is 17.2. The number of hydrogen-bond acceptors (Lipinski definition) is 5. The first-order valence-corrected chi connectivity index (χ1v) is 8.74. The Kier molecular flexibility index (Phi) is 3.45. The van der Waals surface area contributed by atoms with Gasteiger partial charge in [0, 0.05) is 10.4 Å². The van der Waals surface area contributed by atoms with Gasteiger partial charge < -0.3 is 10.3 Å². The number of aromatic nitrogens is 2. The predicted octanol–water partition coefficient (Wildman–Crippen LogP) is 4.48. The summed E-state index contributed by atoms with van der Waals surface area (Å²) in [4.78, 5) is 5.97. The molecule has 0 amide bonds. The molecule has 2 heterocycles. The number of nitrogens with two attached hydrogens (primary N) is 1. The standard InChI is InChI=1S/C18H19N3OS/c1-10-3-6-12(7-4-10)17-20-18(22-21-17)15-13-8-5-11(2)9-14(13)23-16(15)19/h3-4,6-7,11H,5,8-9,19H2,1-2H3/t11-/m1/s1. The van der Waals surface area contributed by atoms with Crippen LogP contribution in [-0.4, -0.2) is 10.1 Å². The number of nitrogens with zero attached hydrogens (tertiary/aromatic N) is 2. The minimum absolute atomic E-state index is 0.546. The highest BCUT2D eigenvalue weighted by Crippen LogP contribution is 2.43. The molecule has 0 unspecified atom stereocenters. The summed E-state index contributed by atoms with van der Waals surface area (Å²) in [5.41, 5.74) is 10.7. The molecule has 4 rings (SSSR count). The number of anilines is 1. The summed E-state index contributed by atoms with van der Waals surface area (Å²) in [7, 11) is 0. The van der Waals surface area contributed by atoms with E-state index in [1.54, 1.807) is 11.3 Å². The molecule has 1 aliphatic carbocycles. The van der Waals surface area contributed by atoms with Crippen molar-refractivity contribution in [2.24, 2.45) is 5.92 Å². The molecule has 3 aromatic rings. The third-order valence-electron chi connectivity index (χ3n) is 4.49. The van der Waals surface area contributed by atoms with Gasteiger partial charge in [0.15, 0.2) is 0 Å². The van der Waals surface area contributed by atoms with Gasteiger partial charge in [0.05, 0.1) is 10.6 Å². The van der Waals surface area contributed by atoms with Crippen LogP contribution in [0.4, 0.5) is 5.00 Å². The van der Waals surface area contributed by atoms with Crippen molar-refractivity contribution in [3.8, 4) is 22.8 Å². The Hall–Kier alpha value is -2.14. The van der Waals surface area contributed by atoms with Crippen molar-refractivity contribution in [1.82, 2.24) is 10.1 Å². The fourth-order valence-electron chi connectivity index (χ4n) is 3.15. The number of rotatable bonds is 2. The summed E-state index contributed by atoms with van der Waals surface area (Å²) in [6, 6.07) is 8.12. The second kappa shape index (κ2) is 5.49. The summed E-state index contributed by atoms with van der Waals surface area (Å²) in [6.07, 6.45) is 3.33. The van der Waals surface area contributed by atoms with E-state index in [0.717, 1.165) is 34.9 Å². The smallest absolute Gasteiger partial charge is 0.261 e. The number of nitrogen functional groups attached to an aromatic ring is 1. The van der Waals surface area contributed by atoms with Crippen molar-refractivity contribution in [2.45, 2.75) is 33.1 Å². The van der Waals surface area contributed by atoms with Crippen LogP contribution in [0, 0.1) is 12.8 Å². The van der Waals surface area contributed by atoms with E-state index < -0.39 is 0 Å². The van der Waals surface area contributed by atoms with Crippen LogP contribution < -0.4 is 5.73 Å². The van der Waals surface area contributed by atoms with Gasteiger partial charge in [0.2, 0.25) is 5.82 Å². The Morgan fingerprint density at radius 1 is 1.26 bits per heavy atom. The molecule has 2 aromatic heterocycles. The largest absolute Gasteiger partial charge is 0.390 e. The third kappa shape index (κ3) is 2.55. The first-order valence-electron chi connectivity index (χ1n) is 7.93. The Morgan fingerprint density at radius 3 is 2.83 bits per heavy atom. The van der Waals surface area contributed by atoms with Crippen LogP contribution in [0.25, 0.3) is 22.8 Å². The molecule has 0 spiro atoms. The Morgan fingerprint density at radius 2 is 2.04 bits per heavy atom. The molecule has 1 atom stereocenters. The summed E-state index contributed by atoms with van der Waals surface area (Å²) in [5.74, 6) is 1.88. The van der Waals surface area contributed by atoms with Crippen molar-refractivity contribution in [3.63, 3.8) is 0 Å². The molecule has 0 radical (unpaired) electrons. The molecule has 0 saturated carbocycles. The van der Waals surface area contributed by atoms with Crippen molar-refractivity contribution < 1.29 is 4.52 Å². The first-order chi connectivity index (χ1) is 11.1. The van der Waals surface area contributed by atoms with Gasteiger partial charge in [-0.05, 0) is 37.7 Å². The van der Waals surface area contributed by atoms with Crippen LogP contribution in [0.5, 0.6) is 0 Å². The summed E-state index contributed by atoms with van der Waals surface area (Å²) in [6.45, 7) is 4.35. The highest BCUT2D eigenvalue weighted by Gasteiger charge is 2.26. The van der Waals surface area contributed by atoms with E-state index in [4.69, 9.17) is 10.3 Å². The fourth-order valence-corrected chi connectivity index (χ4v) is 4.42. The van der Waals surface area contributed by atoms with Gasteiger partial charge in [-0.3, -0.25) is 0 Å². The zero-order valence-electron chi connectivity index (χ0n) is 13.3. The van der Waals surface area contributed by atoms with Gasteiger partial charge in [-0.1, -0.05) is 41.9 Å². The van der Waals surface area contributed by atoms with Crippen molar-refractivity contribution in [2.75, 3.05) is 5.73 Å². The molecular weight excluding hydrogens is 306 g/mol. The van der Waals surface area contributed by atoms with E-state index in [1.807, 2.05) is 24.3 Å². The minimum atomic E-state index is 0.546. The molecule has 0 aliphatic heterocycles. The quantitative estimate of drug-likeness (QED) is 0.754. The molecule has 0 saturated heterocycles. The second-order valence-electron chi connectivity index (χ2n) is 6.38. The lowest BCUT2D eigenvalue weighted by Crippen LogP contribution is -2.09. The third-order valence-corrected chi connectivity index (χ3v) is 5.57. The lowest BCUT2D eigenvalue weighted by Gasteiger charge is -2.18. The number of fused-ring (bicyclic) bond motifs is 1. The minimum Gasteiger partial charge on any atom is -0.390 e. The average molecular weight is 325 g/mol. The maximum absolute atomic E-state index is 6.26. The first kappa shape index (κ1) is 14.5. The van der Waals surface area contributed by atoms with Crippen LogP contribution in [0.3, 0.4) is 0 Å². The monoisotopic (exact) mass is 325 g/mol. The highest BCUT2D eigenvalue weighted by atomic mass is 32.1. The number of hydrogen-bond donors (Lipinski definition) is 1. The van der Waals surface area contributed by atoms with Gasteiger partial charge in [0.25, 0.3) is 5.89 Å². The van der Waals surface area contributed by atoms with E-state index >= 15 is 0 Å². The molecule has 118 valence electrons. The van der Waals surface area contributed by atoms with Crippen LogP contribution in [0.2, 0.25) is 0 Å². The number of aryl methyl sites for hydroxylation is 1. The Bertz CT molecular complexity index is 848. The van der Waals surface area contributed by atoms with Crippen LogP contribution >= 0.6 is 11.3 Å². The van der Waals surface area contributed by atoms with Crippen LogP contribution in [0.15, 0.2) is 28.8 Å². The molecule has 23 heavy (non-hydrogen) atoms. The number of thiophene rings is 1. The van der Waals surface area contributed by atoms with Crippen molar-refractivity contribution in [1.29, 1.82) is 0 Å². The van der Waals surface area contributed by atoms with Crippen LogP contribution in [-0.2, 0) is 12.8 Å². The van der Waals surface area contributed by atoms with E-state index in [9.17, 15) is 0 Å². The molecule has 5 heteroatoms. The fraction of sp³-hybridized carbons (Fsp3) is 0.333. The molecule has 0 bridgehead atoms. The van der Waals surface area contributed by atoms with Gasteiger partial charge in [-0.25, -0.2) is 0 Å². The van der Waals surface area contributed by atoms with Gasteiger partial charge in [-0.15, -0.1) is 11.3 Å². The predicted molar refractivity (Wildman–Crippen MR) is 93.4 cm³/mol. The molecule has 1 aromatic carbocycles. The Labute approximate surface area is 139 Å². The van der Waals surface area contributed by atoms with Crippen molar-refractivity contribution in [3.05, 3.63) is 40.3 Å².